The van der Waals surface area contributed by atoms with E-state index in [1.807, 2.05) is 25.1 Å². The van der Waals surface area contributed by atoms with Crippen LogP contribution in [0.25, 0.3) is 0 Å². The second-order valence-electron chi connectivity index (χ2n) is 7.63. The van der Waals surface area contributed by atoms with Gasteiger partial charge in [0, 0.05) is 28.5 Å². The van der Waals surface area contributed by atoms with Crippen molar-refractivity contribution in [1.29, 1.82) is 0 Å². The van der Waals surface area contributed by atoms with Crippen molar-refractivity contribution < 1.29 is 18.0 Å². The number of ketones is 1. The number of nitrogens with zero attached hydrogens (tertiary/aromatic N) is 1. The van der Waals surface area contributed by atoms with Crippen molar-refractivity contribution in [3.63, 3.8) is 0 Å². The van der Waals surface area contributed by atoms with Crippen LogP contribution in [0.4, 0.5) is 11.4 Å². The Labute approximate surface area is 181 Å². The highest BCUT2D eigenvalue weighted by Gasteiger charge is 2.32. The molecule has 31 heavy (non-hydrogen) atoms. The van der Waals surface area contributed by atoms with E-state index in [-0.39, 0.29) is 22.6 Å². The Balaban J connectivity index is 1.63. The van der Waals surface area contributed by atoms with Crippen LogP contribution < -0.4 is 9.62 Å². The number of sulfonamides is 1. The van der Waals surface area contributed by atoms with E-state index in [2.05, 4.69) is 4.72 Å². The van der Waals surface area contributed by atoms with Gasteiger partial charge in [0.25, 0.3) is 15.9 Å². The summed E-state index contributed by atoms with van der Waals surface area (Å²) in [7, 11) is -3.85. The summed E-state index contributed by atoms with van der Waals surface area (Å²) >= 11 is 0. The van der Waals surface area contributed by atoms with E-state index in [9.17, 15) is 18.0 Å². The van der Waals surface area contributed by atoms with Gasteiger partial charge in [-0.2, -0.15) is 0 Å². The van der Waals surface area contributed by atoms with Crippen LogP contribution in [0.5, 0.6) is 0 Å². The molecule has 0 bridgehead atoms. The third-order valence-corrected chi connectivity index (χ3v) is 6.72. The zero-order valence-electron chi connectivity index (χ0n) is 17.2. The number of rotatable bonds is 5. The third-order valence-electron chi connectivity index (χ3n) is 5.34. The van der Waals surface area contributed by atoms with Crippen molar-refractivity contribution in [2.45, 2.75) is 31.2 Å². The van der Waals surface area contributed by atoms with Crippen molar-refractivity contribution >= 4 is 33.1 Å². The highest BCUT2D eigenvalue weighted by atomic mass is 32.2. The zero-order valence-corrected chi connectivity index (χ0v) is 18.0. The summed E-state index contributed by atoms with van der Waals surface area (Å²) in [6, 6.07) is 20.1. The monoisotopic (exact) mass is 434 g/mol. The van der Waals surface area contributed by atoms with Gasteiger partial charge in [-0.15, -0.1) is 0 Å². The summed E-state index contributed by atoms with van der Waals surface area (Å²) in [5, 5.41) is 0. The first-order valence-corrected chi connectivity index (χ1v) is 11.4. The number of fused-ring (bicyclic) bond motifs is 1. The Kier molecular flexibility index (Phi) is 5.37. The van der Waals surface area contributed by atoms with E-state index < -0.39 is 10.0 Å². The van der Waals surface area contributed by atoms with Gasteiger partial charge in [0.1, 0.15) is 0 Å². The molecule has 1 aliphatic heterocycles. The Morgan fingerprint density at radius 2 is 1.65 bits per heavy atom. The quantitative estimate of drug-likeness (QED) is 0.608. The van der Waals surface area contributed by atoms with Crippen LogP contribution >= 0.6 is 0 Å². The Morgan fingerprint density at radius 3 is 2.35 bits per heavy atom. The molecule has 158 valence electrons. The Hall–Kier alpha value is -3.45. The Morgan fingerprint density at radius 1 is 0.935 bits per heavy atom. The summed E-state index contributed by atoms with van der Waals surface area (Å²) in [5.41, 5.74) is 2.86. The Bertz CT molecular complexity index is 1270. The molecule has 3 aromatic carbocycles. The van der Waals surface area contributed by atoms with Gasteiger partial charge in [-0.25, -0.2) is 8.42 Å². The molecule has 0 saturated carbocycles. The van der Waals surface area contributed by atoms with Crippen LogP contribution in [0.15, 0.2) is 77.7 Å². The van der Waals surface area contributed by atoms with Gasteiger partial charge in [-0.1, -0.05) is 30.3 Å². The van der Waals surface area contributed by atoms with Gasteiger partial charge in [0.05, 0.1) is 4.90 Å². The molecule has 0 aliphatic carbocycles. The first kappa shape index (κ1) is 20.8. The number of carbonyl (C=O) groups is 2. The molecule has 1 aliphatic rings. The molecule has 0 unspecified atom stereocenters. The maximum Gasteiger partial charge on any atom is 0.261 e. The minimum Gasteiger partial charge on any atom is -0.305 e. The number of hydrogen-bond donors (Lipinski definition) is 1. The van der Waals surface area contributed by atoms with E-state index in [1.165, 1.54) is 19.1 Å². The second-order valence-corrected chi connectivity index (χ2v) is 9.31. The van der Waals surface area contributed by atoms with Gasteiger partial charge in [0.2, 0.25) is 0 Å². The molecule has 6 nitrogen and oxygen atoms in total. The third kappa shape index (κ3) is 4.09. The van der Waals surface area contributed by atoms with Gasteiger partial charge in [0.15, 0.2) is 5.78 Å². The fourth-order valence-electron chi connectivity index (χ4n) is 3.82. The average Bonchev–Trinajstić information content (AvgIpc) is 3.08. The van der Waals surface area contributed by atoms with E-state index >= 15 is 0 Å². The first-order chi connectivity index (χ1) is 14.8. The number of amides is 1. The molecule has 1 heterocycles. The maximum atomic E-state index is 13.0. The second kappa shape index (κ2) is 8.00. The fourth-order valence-corrected chi connectivity index (χ4v) is 4.92. The van der Waals surface area contributed by atoms with Crippen molar-refractivity contribution in [2.75, 3.05) is 9.62 Å². The molecule has 0 saturated heterocycles. The molecular formula is C24H22N2O4S. The zero-order chi connectivity index (χ0) is 22.2. The van der Waals surface area contributed by atoms with Crippen LogP contribution in [0.3, 0.4) is 0 Å². The molecule has 1 N–H and O–H groups in total. The highest BCUT2D eigenvalue weighted by molar-refractivity contribution is 7.92. The molecule has 0 aromatic heterocycles. The summed E-state index contributed by atoms with van der Waals surface area (Å²) in [6.45, 7) is 3.37. The summed E-state index contributed by atoms with van der Waals surface area (Å²) < 4.78 is 28.4. The highest BCUT2D eigenvalue weighted by Crippen LogP contribution is 2.35. The first-order valence-electron chi connectivity index (χ1n) is 9.91. The predicted octanol–water partition coefficient (Wildman–Crippen LogP) is 4.28. The standard InChI is InChI=1S/C24H22N2O4S/c1-16-13-20-15-22(31(29,30)25-21-10-6-9-19(14-21)17(2)27)11-12-23(20)26(16)24(28)18-7-4-3-5-8-18/h3-12,14-16,25H,13H2,1-2H3/t16-/m0/s1. The number of anilines is 2. The van der Waals surface area contributed by atoms with Crippen molar-refractivity contribution in [1.82, 2.24) is 0 Å². The molecule has 0 fully saturated rings. The number of hydrogen-bond acceptors (Lipinski definition) is 4. The van der Waals surface area contributed by atoms with E-state index in [4.69, 9.17) is 0 Å². The van der Waals surface area contributed by atoms with Gasteiger partial charge >= 0.3 is 0 Å². The molecule has 3 aromatic rings. The average molecular weight is 435 g/mol. The molecule has 7 heteroatoms. The number of nitrogens with one attached hydrogen (secondary N) is 1. The molecule has 0 radical (unpaired) electrons. The van der Waals surface area contributed by atoms with Gasteiger partial charge in [-0.3, -0.25) is 14.3 Å². The topological polar surface area (TPSA) is 83.6 Å². The fraction of sp³-hybridized carbons (Fsp3) is 0.167. The molecule has 1 amide bonds. The SMILES string of the molecule is CC(=O)c1cccc(NS(=O)(=O)c2ccc3c(c2)C[C@H](C)N3C(=O)c2ccccc2)c1. The van der Waals surface area contributed by atoms with Crippen LogP contribution in [0.2, 0.25) is 0 Å². The number of benzene rings is 3. The lowest BCUT2D eigenvalue weighted by molar-refractivity contribution is 0.0979. The lowest BCUT2D eigenvalue weighted by Gasteiger charge is -2.23. The van der Waals surface area contributed by atoms with Crippen LogP contribution in [0.1, 0.15) is 40.1 Å². The van der Waals surface area contributed by atoms with E-state index in [0.29, 0.717) is 23.2 Å². The smallest absolute Gasteiger partial charge is 0.261 e. The summed E-state index contributed by atoms with van der Waals surface area (Å²) in [5.74, 6) is -0.252. The molecule has 0 spiro atoms. The van der Waals surface area contributed by atoms with Gasteiger partial charge < -0.3 is 4.90 Å². The number of carbonyl (C=O) groups excluding carboxylic acids is 2. The van der Waals surface area contributed by atoms with Crippen LogP contribution in [-0.4, -0.2) is 26.2 Å². The normalized spacial score (nSPS) is 15.4. The van der Waals surface area contributed by atoms with Crippen LogP contribution in [-0.2, 0) is 16.4 Å². The molecular weight excluding hydrogens is 412 g/mol. The van der Waals surface area contributed by atoms with Gasteiger partial charge in [-0.05, 0) is 68.3 Å². The van der Waals surface area contributed by atoms with Crippen molar-refractivity contribution in [3.05, 3.63) is 89.5 Å². The summed E-state index contributed by atoms with van der Waals surface area (Å²) in [4.78, 5) is 26.4. The molecule has 1 atom stereocenters. The lowest BCUT2D eigenvalue weighted by Crippen LogP contribution is -2.35. The van der Waals surface area contributed by atoms with E-state index in [1.54, 1.807) is 47.4 Å². The van der Waals surface area contributed by atoms with Crippen molar-refractivity contribution in [3.8, 4) is 0 Å². The minimum absolute atomic E-state index is 0.0825. The lowest BCUT2D eigenvalue weighted by atomic mass is 10.1. The summed E-state index contributed by atoms with van der Waals surface area (Å²) in [6.07, 6.45) is 0.567. The number of Topliss-reactive ketones (excluding diaryl/α,β-unsaturated/α-hetero) is 1. The van der Waals surface area contributed by atoms with E-state index in [0.717, 1.165) is 11.3 Å². The largest absolute Gasteiger partial charge is 0.305 e. The molecule has 4 rings (SSSR count). The van der Waals surface area contributed by atoms with Crippen LogP contribution in [0, 0.1) is 0 Å². The maximum absolute atomic E-state index is 13.0. The minimum atomic E-state index is -3.85. The van der Waals surface area contributed by atoms with Crippen molar-refractivity contribution in [2.24, 2.45) is 0 Å². The predicted molar refractivity (Wildman–Crippen MR) is 120 cm³/mol.